The van der Waals surface area contributed by atoms with Crippen LogP contribution >= 0.6 is 0 Å². The fourth-order valence-corrected chi connectivity index (χ4v) is 1.52. The molecule has 0 aromatic rings. The SMILES string of the molecule is CO[C@@H]1OC[C@@H](O)[C@H](O)[C@H]1CC(=O)O. The fourth-order valence-electron chi connectivity index (χ4n) is 1.52. The molecule has 0 radical (unpaired) electrons. The van der Waals surface area contributed by atoms with E-state index in [-0.39, 0.29) is 13.0 Å². The Kier molecular flexibility index (Phi) is 3.82. The fraction of sp³-hybridized carbons (Fsp3) is 0.875. The maximum atomic E-state index is 10.5. The molecule has 0 aromatic carbocycles. The molecule has 1 heterocycles. The highest BCUT2D eigenvalue weighted by atomic mass is 16.7. The van der Waals surface area contributed by atoms with Crippen molar-refractivity contribution in [3.05, 3.63) is 0 Å². The molecule has 0 spiro atoms. The molecular weight excluding hydrogens is 192 g/mol. The number of hydrogen-bond donors (Lipinski definition) is 3. The van der Waals surface area contributed by atoms with Gasteiger partial charge in [-0.3, -0.25) is 4.79 Å². The third-order valence-corrected chi connectivity index (χ3v) is 2.26. The maximum Gasteiger partial charge on any atom is 0.303 e. The summed E-state index contributed by atoms with van der Waals surface area (Å²) >= 11 is 0. The molecule has 6 heteroatoms. The van der Waals surface area contributed by atoms with Gasteiger partial charge in [-0.15, -0.1) is 0 Å². The van der Waals surface area contributed by atoms with E-state index in [9.17, 15) is 15.0 Å². The van der Waals surface area contributed by atoms with Crippen LogP contribution in [0.2, 0.25) is 0 Å². The molecule has 0 aromatic heterocycles. The van der Waals surface area contributed by atoms with Crippen LogP contribution in [0.25, 0.3) is 0 Å². The first-order valence-electron chi connectivity index (χ1n) is 4.28. The van der Waals surface area contributed by atoms with Gasteiger partial charge in [0.1, 0.15) is 6.10 Å². The molecule has 82 valence electrons. The van der Waals surface area contributed by atoms with Crippen LogP contribution in [0.4, 0.5) is 0 Å². The lowest BCUT2D eigenvalue weighted by atomic mass is 9.92. The predicted molar refractivity (Wildman–Crippen MR) is 44.5 cm³/mol. The Labute approximate surface area is 81.1 Å². The molecule has 0 bridgehead atoms. The van der Waals surface area contributed by atoms with Gasteiger partial charge in [-0.05, 0) is 0 Å². The topological polar surface area (TPSA) is 96.2 Å². The smallest absolute Gasteiger partial charge is 0.303 e. The third kappa shape index (κ3) is 2.42. The summed E-state index contributed by atoms with van der Waals surface area (Å²) in [6, 6.07) is 0. The Morgan fingerprint density at radius 3 is 2.71 bits per heavy atom. The van der Waals surface area contributed by atoms with Gasteiger partial charge in [0.15, 0.2) is 6.29 Å². The van der Waals surface area contributed by atoms with E-state index in [1.807, 2.05) is 0 Å². The minimum absolute atomic E-state index is 0.0458. The van der Waals surface area contributed by atoms with Gasteiger partial charge >= 0.3 is 5.97 Å². The van der Waals surface area contributed by atoms with Gasteiger partial charge in [0.05, 0.1) is 19.1 Å². The van der Waals surface area contributed by atoms with Crippen LogP contribution in [0.3, 0.4) is 0 Å². The molecule has 3 N–H and O–H groups in total. The van der Waals surface area contributed by atoms with Crippen LogP contribution in [-0.2, 0) is 14.3 Å². The molecule has 1 aliphatic heterocycles. The Morgan fingerprint density at radius 2 is 2.21 bits per heavy atom. The second-order valence-electron chi connectivity index (χ2n) is 3.26. The van der Waals surface area contributed by atoms with Gasteiger partial charge in [-0.1, -0.05) is 0 Å². The molecule has 4 atom stereocenters. The number of aliphatic carboxylic acids is 1. The zero-order chi connectivity index (χ0) is 10.7. The van der Waals surface area contributed by atoms with Crippen molar-refractivity contribution in [2.24, 2.45) is 5.92 Å². The van der Waals surface area contributed by atoms with Crippen molar-refractivity contribution in [1.29, 1.82) is 0 Å². The van der Waals surface area contributed by atoms with Crippen LogP contribution in [-0.4, -0.2) is 53.5 Å². The van der Waals surface area contributed by atoms with Gasteiger partial charge in [-0.2, -0.15) is 0 Å². The molecule has 1 fully saturated rings. The van der Waals surface area contributed by atoms with E-state index in [0.717, 1.165) is 0 Å². The van der Waals surface area contributed by atoms with Crippen molar-refractivity contribution < 1.29 is 29.6 Å². The van der Waals surface area contributed by atoms with E-state index in [2.05, 4.69) is 0 Å². The molecule has 1 rings (SSSR count). The number of rotatable bonds is 3. The van der Waals surface area contributed by atoms with Crippen LogP contribution in [0, 0.1) is 5.92 Å². The van der Waals surface area contributed by atoms with Gasteiger partial charge in [0.25, 0.3) is 0 Å². The van der Waals surface area contributed by atoms with Gasteiger partial charge in [0, 0.05) is 13.0 Å². The van der Waals surface area contributed by atoms with Gasteiger partial charge < -0.3 is 24.8 Å². The van der Waals surface area contributed by atoms with Crippen LogP contribution in [0.1, 0.15) is 6.42 Å². The van der Waals surface area contributed by atoms with Gasteiger partial charge in [-0.25, -0.2) is 0 Å². The molecule has 0 unspecified atom stereocenters. The van der Waals surface area contributed by atoms with Crippen LogP contribution in [0.5, 0.6) is 0 Å². The Bertz CT molecular complexity index is 204. The molecular formula is C8H14O6. The molecule has 0 aliphatic carbocycles. The number of hydrogen-bond acceptors (Lipinski definition) is 5. The Hall–Kier alpha value is -0.690. The minimum Gasteiger partial charge on any atom is -0.481 e. The number of carboxylic acids is 1. The zero-order valence-corrected chi connectivity index (χ0v) is 7.79. The summed E-state index contributed by atoms with van der Waals surface area (Å²) in [4.78, 5) is 10.5. The summed E-state index contributed by atoms with van der Waals surface area (Å²) in [5.74, 6) is -1.80. The lowest BCUT2D eigenvalue weighted by Crippen LogP contribution is -2.50. The highest BCUT2D eigenvalue weighted by molar-refractivity contribution is 5.67. The lowest BCUT2D eigenvalue weighted by Gasteiger charge is -2.36. The third-order valence-electron chi connectivity index (χ3n) is 2.26. The first-order valence-corrected chi connectivity index (χ1v) is 4.28. The molecule has 0 saturated carbocycles. The van der Waals surface area contributed by atoms with E-state index in [1.54, 1.807) is 0 Å². The van der Waals surface area contributed by atoms with Crippen molar-refractivity contribution in [1.82, 2.24) is 0 Å². The normalized spacial score (nSPS) is 38.2. The average molecular weight is 206 g/mol. The van der Waals surface area contributed by atoms with Gasteiger partial charge in [0.2, 0.25) is 0 Å². The number of aliphatic hydroxyl groups excluding tert-OH is 2. The summed E-state index contributed by atoms with van der Waals surface area (Å²) in [5.41, 5.74) is 0. The number of carboxylic acid groups (broad SMARTS) is 1. The molecule has 0 amide bonds. The first-order chi connectivity index (χ1) is 6.56. The molecule has 1 saturated heterocycles. The van der Waals surface area contributed by atoms with E-state index in [0.29, 0.717) is 0 Å². The maximum absolute atomic E-state index is 10.5. The number of methoxy groups -OCH3 is 1. The summed E-state index contributed by atoms with van der Waals surface area (Å²) in [6.07, 6.45) is -3.24. The van der Waals surface area contributed by atoms with E-state index in [1.165, 1.54) is 7.11 Å². The summed E-state index contributed by atoms with van der Waals surface area (Å²) < 4.78 is 9.89. The predicted octanol–water partition coefficient (Wildman–Crippen LogP) is -1.20. The Balaban J connectivity index is 2.66. The number of carbonyl (C=O) groups is 1. The van der Waals surface area contributed by atoms with Crippen molar-refractivity contribution >= 4 is 5.97 Å². The summed E-state index contributed by atoms with van der Waals surface area (Å²) in [7, 11) is 1.37. The van der Waals surface area contributed by atoms with Crippen molar-refractivity contribution in [2.75, 3.05) is 13.7 Å². The standard InChI is InChI=1S/C8H14O6/c1-13-8-4(2-6(10)11)7(12)5(9)3-14-8/h4-5,7-9,12H,2-3H2,1H3,(H,10,11)/t4-,5-,7-,8-/m1/s1. The number of aliphatic hydroxyl groups is 2. The van der Waals surface area contributed by atoms with Crippen LogP contribution in [0.15, 0.2) is 0 Å². The summed E-state index contributed by atoms with van der Waals surface area (Å²) in [5, 5.41) is 27.3. The largest absolute Gasteiger partial charge is 0.481 e. The monoisotopic (exact) mass is 206 g/mol. The van der Waals surface area contributed by atoms with Crippen molar-refractivity contribution in [2.45, 2.75) is 24.9 Å². The average Bonchev–Trinajstić information content (AvgIpc) is 2.13. The van der Waals surface area contributed by atoms with Crippen LogP contribution < -0.4 is 0 Å². The van der Waals surface area contributed by atoms with E-state index < -0.39 is 30.4 Å². The Morgan fingerprint density at radius 1 is 1.57 bits per heavy atom. The second-order valence-corrected chi connectivity index (χ2v) is 3.26. The molecule has 6 nitrogen and oxygen atoms in total. The molecule has 14 heavy (non-hydrogen) atoms. The van der Waals surface area contributed by atoms with E-state index in [4.69, 9.17) is 14.6 Å². The van der Waals surface area contributed by atoms with Crippen molar-refractivity contribution in [3.8, 4) is 0 Å². The lowest BCUT2D eigenvalue weighted by molar-refractivity contribution is -0.242. The quantitative estimate of drug-likeness (QED) is 0.537. The highest BCUT2D eigenvalue weighted by Gasteiger charge is 2.39. The zero-order valence-electron chi connectivity index (χ0n) is 7.79. The molecule has 1 aliphatic rings. The second kappa shape index (κ2) is 4.70. The minimum atomic E-state index is -1.12. The van der Waals surface area contributed by atoms with E-state index >= 15 is 0 Å². The summed E-state index contributed by atoms with van der Waals surface area (Å²) in [6.45, 7) is -0.0458. The highest BCUT2D eigenvalue weighted by Crippen LogP contribution is 2.25. The number of ether oxygens (including phenoxy) is 2. The first kappa shape index (κ1) is 11.4. The van der Waals surface area contributed by atoms with Crippen molar-refractivity contribution in [3.63, 3.8) is 0 Å².